The molecule has 98 valence electrons. The summed E-state index contributed by atoms with van der Waals surface area (Å²) in [5.41, 5.74) is 0. The number of piperidine rings is 1. The average molecular weight is 261 g/mol. The Morgan fingerprint density at radius 3 is 2.24 bits per heavy atom. The first-order valence-electron chi connectivity index (χ1n) is 6.17. The highest BCUT2D eigenvalue weighted by atomic mass is 32.2. The van der Waals surface area contributed by atoms with E-state index in [9.17, 15) is 13.2 Å². The number of carbonyl (C=O) groups is 1. The topological polar surface area (TPSA) is 74.7 Å². The molecular weight excluding hydrogens is 242 g/mol. The van der Waals surface area contributed by atoms with E-state index >= 15 is 0 Å². The van der Waals surface area contributed by atoms with Crippen molar-refractivity contribution in [1.29, 1.82) is 0 Å². The van der Waals surface area contributed by atoms with Crippen molar-refractivity contribution >= 4 is 16.0 Å². The van der Waals surface area contributed by atoms with Crippen LogP contribution in [0.5, 0.6) is 0 Å². The van der Waals surface area contributed by atoms with Gasteiger partial charge in [-0.3, -0.25) is 4.79 Å². The van der Waals surface area contributed by atoms with E-state index in [1.54, 1.807) is 11.2 Å². The number of fused-ring (bicyclic) bond motifs is 2. The Bertz CT molecular complexity index is 392. The van der Waals surface area contributed by atoms with Gasteiger partial charge in [0.15, 0.2) is 0 Å². The van der Waals surface area contributed by atoms with Crippen molar-refractivity contribution in [3.63, 3.8) is 0 Å². The number of carboxylic acids is 1. The van der Waals surface area contributed by atoms with Crippen LogP contribution >= 0.6 is 0 Å². The van der Waals surface area contributed by atoms with Crippen molar-refractivity contribution in [2.75, 3.05) is 5.75 Å². The first-order chi connectivity index (χ1) is 7.94. The van der Waals surface area contributed by atoms with Gasteiger partial charge < -0.3 is 5.11 Å². The molecule has 0 aromatic rings. The molecule has 2 saturated heterocycles. The standard InChI is InChI=1S/C11H19NO4S/c1-2-17(15,16)12-9-3-4-10(12)6-8(5-9)7-11(13)14/h8-10H,2-7H2,1H3,(H,13,14). The SMILES string of the molecule is CCS(=O)(=O)N1C2CCC1CC(CC(=O)O)C2. The average Bonchev–Trinajstić information content (AvgIpc) is 2.51. The Kier molecular flexibility index (Phi) is 3.45. The van der Waals surface area contributed by atoms with Gasteiger partial charge in [-0.15, -0.1) is 0 Å². The summed E-state index contributed by atoms with van der Waals surface area (Å²) in [7, 11) is -3.12. The smallest absolute Gasteiger partial charge is 0.303 e. The molecule has 0 amide bonds. The molecule has 17 heavy (non-hydrogen) atoms. The summed E-state index contributed by atoms with van der Waals surface area (Å²) in [6, 6.07) is 0.0890. The fourth-order valence-corrected chi connectivity index (χ4v) is 4.85. The number of aliphatic carboxylic acids is 1. The van der Waals surface area contributed by atoms with Crippen LogP contribution in [0.3, 0.4) is 0 Å². The number of hydrogen-bond donors (Lipinski definition) is 1. The minimum atomic E-state index is -3.12. The second kappa shape index (κ2) is 4.57. The molecule has 2 bridgehead atoms. The highest BCUT2D eigenvalue weighted by Crippen LogP contribution is 2.41. The first kappa shape index (κ1) is 12.8. The molecule has 0 radical (unpaired) electrons. The van der Waals surface area contributed by atoms with Crippen molar-refractivity contribution in [3.05, 3.63) is 0 Å². The molecule has 2 atom stereocenters. The third kappa shape index (κ3) is 2.47. The van der Waals surface area contributed by atoms with Crippen LogP contribution in [0.2, 0.25) is 0 Å². The summed E-state index contributed by atoms with van der Waals surface area (Å²) in [6.45, 7) is 1.66. The lowest BCUT2D eigenvalue weighted by molar-refractivity contribution is -0.138. The fourth-order valence-electron chi connectivity index (χ4n) is 3.26. The van der Waals surface area contributed by atoms with Crippen LogP contribution in [0, 0.1) is 5.92 Å². The third-order valence-electron chi connectivity index (χ3n) is 3.91. The zero-order chi connectivity index (χ0) is 12.6. The minimum Gasteiger partial charge on any atom is -0.481 e. The van der Waals surface area contributed by atoms with E-state index in [1.165, 1.54) is 0 Å². The van der Waals surface area contributed by atoms with E-state index < -0.39 is 16.0 Å². The predicted molar refractivity (Wildman–Crippen MR) is 63.1 cm³/mol. The van der Waals surface area contributed by atoms with E-state index in [-0.39, 0.29) is 30.2 Å². The molecule has 2 unspecified atom stereocenters. The van der Waals surface area contributed by atoms with E-state index in [0.29, 0.717) is 12.8 Å². The van der Waals surface area contributed by atoms with Crippen LogP contribution in [-0.4, -0.2) is 41.6 Å². The van der Waals surface area contributed by atoms with Gasteiger partial charge in [-0.2, -0.15) is 4.31 Å². The maximum Gasteiger partial charge on any atom is 0.303 e. The molecule has 0 aliphatic carbocycles. The summed E-state index contributed by atoms with van der Waals surface area (Å²) in [4.78, 5) is 10.7. The molecule has 2 aliphatic rings. The van der Waals surface area contributed by atoms with Gasteiger partial charge in [0.1, 0.15) is 0 Å². The Balaban J connectivity index is 2.11. The second-order valence-electron chi connectivity index (χ2n) is 5.05. The first-order valence-corrected chi connectivity index (χ1v) is 7.78. The van der Waals surface area contributed by atoms with E-state index in [1.807, 2.05) is 0 Å². The summed E-state index contributed by atoms with van der Waals surface area (Å²) < 4.78 is 25.6. The van der Waals surface area contributed by atoms with Crippen LogP contribution in [0.25, 0.3) is 0 Å². The van der Waals surface area contributed by atoms with Gasteiger partial charge in [0.2, 0.25) is 10.0 Å². The predicted octanol–water partition coefficient (Wildman–Crippen LogP) is 1.05. The van der Waals surface area contributed by atoms with E-state index in [4.69, 9.17) is 5.11 Å². The number of rotatable bonds is 4. The molecule has 1 N–H and O–H groups in total. The molecule has 5 nitrogen and oxygen atoms in total. The van der Waals surface area contributed by atoms with Gasteiger partial charge in [-0.05, 0) is 38.5 Å². The zero-order valence-corrected chi connectivity index (χ0v) is 10.8. The van der Waals surface area contributed by atoms with Gasteiger partial charge in [0.25, 0.3) is 0 Å². The van der Waals surface area contributed by atoms with Crippen LogP contribution in [0.1, 0.15) is 39.0 Å². The van der Waals surface area contributed by atoms with Crippen molar-refractivity contribution < 1.29 is 18.3 Å². The highest BCUT2D eigenvalue weighted by Gasteiger charge is 2.46. The maximum absolute atomic E-state index is 12.0. The summed E-state index contributed by atoms with van der Waals surface area (Å²) in [6.07, 6.45) is 3.37. The van der Waals surface area contributed by atoms with Crippen molar-refractivity contribution in [2.24, 2.45) is 5.92 Å². The molecule has 2 aliphatic heterocycles. The Morgan fingerprint density at radius 1 is 1.29 bits per heavy atom. The summed E-state index contributed by atoms with van der Waals surface area (Å²) in [5, 5.41) is 8.80. The van der Waals surface area contributed by atoms with Gasteiger partial charge >= 0.3 is 5.97 Å². The van der Waals surface area contributed by atoms with Crippen LogP contribution in [-0.2, 0) is 14.8 Å². The summed E-state index contributed by atoms with van der Waals surface area (Å²) >= 11 is 0. The zero-order valence-electron chi connectivity index (χ0n) is 10.0. The third-order valence-corrected chi connectivity index (χ3v) is 5.88. The lowest BCUT2D eigenvalue weighted by Gasteiger charge is -2.37. The number of hydrogen-bond acceptors (Lipinski definition) is 3. The highest BCUT2D eigenvalue weighted by molar-refractivity contribution is 7.89. The van der Waals surface area contributed by atoms with E-state index in [0.717, 1.165) is 12.8 Å². The lowest BCUT2D eigenvalue weighted by Crippen LogP contribution is -2.47. The van der Waals surface area contributed by atoms with Gasteiger partial charge in [0, 0.05) is 18.5 Å². The molecule has 0 aromatic carbocycles. The Hall–Kier alpha value is -0.620. The van der Waals surface area contributed by atoms with Gasteiger partial charge in [0.05, 0.1) is 5.75 Å². The molecule has 2 heterocycles. The molecule has 2 fully saturated rings. The van der Waals surface area contributed by atoms with E-state index in [2.05, 4.69) is 0 Å². The van der Waals surface area contributed by atoms with Crippen molar-refractivity contribution in [2.45, 2.75) is 51.1 Å². The quantitative estimate of drug-likeness (QED) is 0.821. The van der Waals surface area contributed by atoms with Crippen LogP contribution in [0.4, 0.5) is 0 Å². The number of carboxylic acid groups (broad SMARTS) is 1. The molecule has 0 saturated carbocycles. The maximum atomic E-state index is 12.0. The molecule has 2 rings (SSSR count). The molecule has 6 heteroatoms. The van der Waals surface area contributed by atoms with Crippen LogP contribution < -0.4 is 0 Å². The Labute approximate surface area is 102 Å². The Morgan fingerprint density at radius 2 is 1.82 bits per heavy atom. The molecule has 0 spiro atoms. The minimum absolute atomic E-state index is 0.0445. The monoisotopic (exact) mass is 261 g/mol. The lowest BCUT2D eigenvalue weighted by atomic mass is 9.90. The van der Waals surface area contributed by atoms with Crippen molar-refractivity contribution in [3.8, 4) is 0 Å². The fraction of sp³-hybridized carbons (Fsp3) is 0.909. The molecular formula is C11H19NO4S. The van der Waals surface area contributed by atoms with Crippen molar-refractivity contribution in [1.82, 2.24) is 4.31 Å². The molecule has 0 aromatic heterocycles. The summed E-state index contributed by atoms with van der Waals surface area (Å²) in [5.74, 6) is -0.488. The number of nitrogens with zero attached hydrogens (tertiary/aromatic N) is 1. The van der Waals surface area contributed by atoms with Gasteiger partial charge in [-0.1, -0.05) is 0 Å². The second-order valence-corrected chi connectivity index (χ2v) is 7.21. The normalized spacial score (nSPS) is 33.8. The number of sulfonamides is 1. The van der Waals surface area contributed by atoms with Crippen LogP contribution in [0.15, 0.2) is 0 Å². The largest absolute Gasteiger partial charge is 0.481 e. The van der Waals surface area contributed by atoms with Gasteiger partial charge in [-0.25, -0.2) is 8.42 Å².